The zero-order valence-electron chi connectivity index (χ0n) is 13.4. The fourth-order valence-corrected chi connectivity index (χ4v) is 8.27. The summed E-state index contributed by atoms with van der Waals surface area (Å²) in [5, 5.41) is 10.6. The Bertz CT molecular complexity index is 587. The number of ether oxygens (including phenoxy) is 1. The number of aliphatic hydroxyl groups is 1. The van der Waals surface area contributed by atoms with Gasteiger partial charge in [0.15, 0.2) is 5.78 Å². The maximum absolute atomic E-state index is 12.0. The Morgan fingerprint density at radius 3 is 2.91 bits per heavy atom. The van der Waals surface area contributed by atoms with Crippen molar-refractivity contribution in [1.29, 1.82) is 0 Å². The number of carbonyl (C=O) groups is 1. The molecule has 22 heavy (non-hydrogen) atoms. The minimum Gasteiger partial charge on any atom is -0.393 e. The maximum Gasteiger partial charge on any atom is 0.164 e. The third kappa shape index (κ3) is 1.12. The van der Waals surface area contributed by atoms with Gasteiger partial charge in [-0.15, -0.1) is 0 Å². The van der Waals surface area contributed by atoms with Gasteiger partial charge >= 0.3 is 0 Å². The van der Waals surface area contributed by atoms with Crippen LogP contribution in [0.1, 0.15) is 58.3 Å². The van der Waals surface area contributed by atoms with Crippen LogP contribution in [-0.4, -0.2) is 28.7 Å². The Hall–Kier alpha value is -0.410. The lowest BCUT2D eigenvalue weighted by Crippen LogP contribution is -2.54. The Labute approximate surface area is 131 Å². The quantitative estimate of drug-likeness (QED) is 0.700. The van der Waals surface area contributed by atoms with Crippen molar-refractivity contribution >= 4 is 5.78 Å². The van der Waals surface area contributed by atoms with Gasteiger partial charge in [-0.25, -0.2) is 0 Å². The number of Topliss-reactive ketones (excluding diaryl/α,β-unsaturated/α-hetero) is 1. The fraction of sp³-hybridized carbons (Fsp3) is 0.947. The van der Waals surface area contributed by atoms with Crippen LogP contribution in [0.3, 0.4) is 0 Å². The predicted molar refractivity (Wildman–Crippen MR) is 80.1 cm³/mol. The molecule has 6 rings (SSSR count). The number of epoxide rings is 1. The minimum atomic E-state index is -0.0686. The van der Waals surface area contributed by atoms with Crippen molar-refractivity contribution in [2.24, 2.45) is 34.5 Å². The van der Waals surface area contributed by atoms with E-state index in [0.29, 0.717) is 17.1 Å². The molecule has 6 aliphatic rings. The van der Waals surface area contributed by atoms with E-state index in [1.54, 1.807) is 0 Å². The van der Waals surface area contributed by atoms with Gasteiger partial charge in [-0.05, 0) is 79.4 Å². The first-order valence-corrected chi connectivity index (χ1v) is 9.41. The van der Waals surface area contributed by atoms with Crippen LogP contribution in [-0.2, 0) is 9.53 Å². The molecule has 1 aliphatic heterocycles. The molecule has 5 aliphatic carbocycles. The highest BCUT2D eigenvalue weighted by molar-refractivity contribution is 5.88. The highest BCUT2D eigenvalue weighted by Gasteiger charge is 2.80. The molecule has 0 radical (unpaired) electrons. The largest absolute Gasteiger partial charge is 0.393 e. The van der Waals surface area contributed by atoms with E-state index in [-0.39, 0.29) is 23.2 Å². The number of fused-ring (bicyclic) bond motifs is 2. The Morgan fingerprint density at radius 1 is 1.18 bits per heavy atom. The van der Waals surface area contributed by atoms with Crippen molar-refractivity contribution in [1.82, 2.24) is 0 Å². The Kier molecular flexibility index (Phi) is 2.05. The van der Waals surface area contributed by atoms with Crippen molar-refractivity contribution in [2.75, 3.05) is 0 Å². The summed E-state index contributed by atoms with van der Waals surface area (Å²) in [5.41, 5.74) is 0.586. The fourth-order valence-electron chi connectivity index (χ4n) is 8.27. The van der Waals surface area contributed by atoms with Gasteiger partial charge in [-0.1, -0.05) is 6.92 Å². The summed E-state index contributed by atoms with van der Waals surface area (Å²) >= 11 is 0. The predicted octanol–water partition coefficient (Wildman–Crippen LogP) is 2.70. The average molecular weight is 302 g/mol. The molecule has 1 heterocycles. The lowest BCUT2D eigenvalue weighted by molar-refractivity contribution is -0.125. The van der Waals surface area contributed by atoms with Gasteiger partial charge in [-0.2, -0.15) is 0 Å². The van der Waals surface area contributed by atoms with E-state index < -0.39 is 0 Å². The first-order valence-electron chi connectivity index (χ1n) is 9.41. The van der Waals surface area contributed by atoms with Crippen LogP contribution < -0.4 is 0 Å². The van der Waals surface area contributed by atoms with Crippen molar-refractivity contribution in [3.63, 3.8) is 0 Å². The number of aliphatic hydroxyl groups excluding tert-OH is 1. The Balaban J connectivity index is 1.39. The van der Waals surface area contributed by atoms with E-state index in [4.69, 9.17) is 4.74 Å². The highest BCUT2D eigenvalue weighted by Crippen LogP contribution is 2.82. The molecule has 1 saturated heterocycles. The molecular formula is C19H26O3. The molecule has 1 N–H and O–H groups in total. The smallest absolute Gasteiger partial charge is 0.164 e. The van der Waals surface area contributed by atoms with E-state index in [1.165, 1.54) is 25.7 Å². The first-order chi connectivity index (χ1) is 10.5. The average Bonchev–Trinajstić information content (AvgIpc) is 3.37. The highest BCUT2D eigenvalue weighted by atomic mass is 16.6. The monoisotopic (exact) mass is 302 g/mol. The molecule has 0 aromatic rings. The van der Waals surface area contributed by atoms with Crippen LogP contribution in [0.5, 0.6) is 0 Å². The minimum absolute atomic E-state index is 0.0392. The number of hydrogen-bond acceptors (Lipinski definition) is 3. The van der Waals surface area contributed by atoms with E-state index in [9.17, 15) is 9.90 Å². The molecule has 5 unspecified atom stereocenters. The van der Waals surface area contributed by atoms with Gasteiger partial charge in [0.2, 0.25) is 0 Å². The zero-order valence-corrected chi connectivity index (χ0v) is 13.4. The van der Waals surface area contributed by atoms with Gasteiger partial charge in [0, 0.05) is 6.42 Å². The second-order valence-electron chi connectivity index (χ2n) is 9.52. The van der Waals surface area contributed by atoms with Gasteiger partial charge in [0.05, 0.1) is 6.10 Å². The molecule has 0 aromatic carbocycles. The van der Waals surface area contributed by atoms with Gasteiger partial charge in [0.1, 0.15) is 11.7 Å². The summed E-state index contributed by atoms with van der Waals surface area (Å²) < 4.78 is 6.04. The SMILES string of the molecule is C[C@]12CC[C@@H]3[C@H]4CCC(=O)C5OC54CC[C@H]3C13CC3CC2O. The summed E-state index contributed by atoms with van der Waals surface area (Å²) in [6, 6.07) is 0. The molecule has 9 atom stereocenters. The molecule has 3 heteroatoms. The topological polar surface area (TPSA) is 49.8 Å². The molecule has 0 bridgehead atoms. The lowest BCUT2D eigenvalue weighted by atomic mass is 9.48. The summed E-state index contributed by atoms with van der Waals surface area (Å²) in [5.74, 6) is 3.34. The number of rotatable bonds is 0. The normalized spacial score (nSPS) is 67.5. The van der Waals surface area contributed by atoms with Crippen molar-refractivity contribution < 1.29 is 14.6 Å². The maximum atomic E-state index is 12.0. The standard InChI is InChI=1S/C19H26O3/c1-17-6-4-11-12(18(17)9-10(18)8-15(17)21)5-7-19-13(11)2-3-14(20)16(19)22-19/h10-13,15-16,21H,2-9H2,1H3/t10?,11-,12+,13+,15?,16?,17+,18?,19?/m0/s1. The first kappa shape index (κ1) is 12.9. The van der Waals surface area contributed by atoms with Crippen LogP contribution >= 0.6 is 0 Å². The van der Waals surface area contributed by atoms with Crippen molar-refractivity contribution in [3.05, 3.63) is 0 Å². The molecule has 0 aromatic heterocycles. The Morgan fingerprint density at radius 2 is 2.05 bits per heavy atom. The molecule has 3 nitrogen and oxygen atoms in total. The van der Waals surface area contributed by atoms with E-state index in [1.807, 2.05) is 0 Å². The van der Waals surface area contributed by atoms with Crippen LogP contribution in [0.2, 0.25) is 0 Å². The molecule has 0 amide bonds. The van der Waals surface area contributed by atoms with Crippen LogP contribution in [0.4, 0.5) is 0 Å². The summed E-state index contributed by atoms with van der Waals surface area (Å²) in [6.45, 7) is 2.38. The molecule has 120 valence electrons. The van der Waals surface area contributed by atoms with E-state index in [0.717, 1.165) is 43.4 Å². The van der Waals surface area contributed by atoms with Gasteiger partial charge in [0.25, 0.3) is 0 Å². The number of hydrogen-bond donors (Lipinski definition) is 1. The summed E-state index contributed by atoms with van der Waals surface area (Å²) in [7, 11) is 0. The summed E-state index contributed by atoms with van der Waals surface area (Å²) in [4.78, 5) is 12.0. The number of carbonyl (C=O) groups excluding carboxylic acids is 1. The van der Waals surface area contributed by atoms with Crippen LogP contribution in [0.25, 0.3) is 0 Å². The lowest BCUT2D eigenvalue weighted by Gasteiger charge is -2.56. The van der Waals surface area contributed by atoms with E-state index in [2.05, 4.69) is 6.92 Å². The van der Waals surface area contributed by atoms with Crippen LogP contribution in [0, 0.1) is 34.5 Å². The molecule has 5 saturated carbocycles. The van der Waals surface area contributed by atoms with Gasteiger partial charge < -0.3 is 9.84 Å². The molecular weight excluding hydrogens is 276 g/mol. The van der Waals surface area contributed by atoms with Crippen molar-refractivity contribution in [3.8, 4) is 0 Å². The third-order valence-electron chi connectivity index (χ3n) is 9.34. The van der Waals surface area contributed by atoms with Crippen LogP contribution in [0.15, 0.2) is 0 Å². The molecule has 6 fully saturated rings. The second kappa shape index (κ2) is 3.49. The van der Waals surface area contributed by atoms with Gasteiger partial charge in [-0.3, -0.25) is 4.79 Å². The summed E-state index contributed by atoms with van der Waals surface area (Å²) in [6.07, 6.45) is 8.91. The second-order valence-corrected chi connectivity index (χ2v) is 9.52. The molecule has 2 spiro atoms. The van der Waals surface area contributed by atoms with Crippen molar-refractivity contribution in [2.45, 2.75) is 76.1 Å². The third-order valence-corrected chi connectivity index (χ3v) is 9.34. The van der Waals surface area contributed by atoms with E-state index >= 15 is 0 Å². The zero-order chi connectivity index (χ0) is 14.9. The number of ketones is 1.